The van der Waals surface area contributed by atoms with Crippen LogP contribution in [-0.4, -0.2) is 11.8 Å². The van der Waals surface area contributed by atoms with Gasteiger partial charge in [0, 0.05) is 18.0 Å². The smallest absolute Gasteiger partial charge is 0.321 e. The van der Waals surface area contributed by atoms with Gasteiger partial charge in [-0.2, -0.15) is 13.2 Å². The summed E-state index contributed by atoms with van der Waals surface area (Å²) in [6, 6.07) is 10.3. The number of anilines is 2. The molecule has 2 heterocycles. The second-order valence-corrected chi connectivity index (χ2v) is 8.21. The molecule has 0 bridgehead atoms. The Morgan fingerprint density at radius 3 is 2.61 bits per heavy atom. The highest BCUT2D eigenvalue weighted by molar-refractivity contribution is 7.18. The van der Waals surface area contributed by atoms with Crippen molar-refractivity contribution in [3.05, 3.63) is 81.5 Å². The number of carbonyl (C=O) groups excluding carboxylic acids is 2. The van der Waals surface area contributed by atoms with Crippen LogP contribution in [0.15, 0.2) is 48.5 Å². The Morgan fingerprint density at radius 2 is 1.90 bits per heavy atom. The first-order valence-electron chi connectivity index (χ1n) is 9.30. The summed E-state index contributed by atoms with van der Waals surface area (Å²) in [6.45, 7) is 1.71. The Hall–Kier alpha value is -3.20. The van der Waals surface area contributed by atoms with Gasteiger partial charge < -0.3 is 10.6 Å². The maximum absolute atomic E-state index is 13.7. The fourth-order valence-electron chi connectivity index (χ4n) is 3.69. The van der Waals surface area contributed by atoms with E-state index in [4.69, 9.17) is 0 Å². The summed E-state index contributed by atoms with van der Waals surface area (Å²) < 4.78 is 52.6. The molecule has 0 radical (unpaired) electrons. The first kappa shape index (κ1) is 21.0. The molecule has 3 aromatic rings. The van der Waals surface area contributed by atoms with Crippen molar-refractivity contribution in [2.45, 2.75) is 25.4 Å². The van der Waals surface area contributed by atoms with Crippen molar-refractivity contribution in [1.82, 2.24) is 0 Å². The molecule has 0 fully saturated rings. The molecular formula is C22H16F4N2O2S. The number of nitrogens with one attached hydrogen (secondary N) is 2. The molecule has 1 atom stereocenters. The molecule has 2 aromatic carbocycles. The van der Waals surface area contributed by atoms with Gasteiger partial charge in [0.1, 0.15) is 5.82 Å². The minimum Gasteiger partial charge on any atom is -0.321 e. The Balaban J connectivity index is 1.68. The van der Waals surface area contributed by atoms with Gasteiger partial charge in [-0.15, -0.1) is 11.3 Å². The largest absolute Gasteiger partial charge is 0.416 e. The molecule has 1 aliphatic rings. The zero-order chi connectivity index (χ0) is 22.3. The van der Waals surface area contributed by atoms with Crippen LogP contribution >= 0.6 is 11.3 Å². The molecule has 1 unspecified atom stereocenters. The number of carbonyl (C=O) groups is 2. The van der Waals surface area contributed by atoms with Gasteiger partial charge in [-0.25, -0.2) is 4.39 Å². The summed E-state index contributed by atoms with van der Waals surface area (Å²) >= 11 is 1.05. The van der Waals surface area contributed by atoms with Crippen molar-refractivity contribution in [1.29, 1.82) is 0 Å². The van der Waals surface area contributed by atoms with E-state index >= 15 is 0 Å². The van der Waals surface area contributed by atoms with E-state index in [1.54, 1.807) is 19.1 Å². The maximum atomic E-state index is 13.7. The molecule has 0 saturated carbocycles. The van der Waals surface area contributed by atoms with E-state index in [1.165, 1.54) is 24.3 Å². The lowest BCUT2D eigenvalue weighted by atomic mass is 9.85. The minimum absolute atomic E-state index is 0.0105. The van der Waals surface area contributed by atoms with Gasteiger partial charge >= 0.3 is 6.18 Å². The minimum atomic E-state index is -4.53. The maximum Gasteiger partial charge on any atom is 0.416 e. The van der Waals surface area contributed by atoms with Crippen LogP contribution in [0.3, 0.4) is 0 Å². The van der Waals surface area contributed by atoms with Crippen LogP contribution in [0.25, 0.3) is 0 Å². The zero-order valence-corrected chi connectivity index (χ0v) is 17.0. The van der Waals surface area contributed by atoms with E-state index in [-0.39, 0.29) is 22.9 Å². The number of alkyl halides is 3. The second-order valence-electron chi connectivity index (χ2n) is 7.19. The first-order valence-corrected chi connectivity index (χ1v) is 10.1. The quantitative estimate of drug-likeness (QED) is 0.487. The number of thiophene rings is 1. The third-order valence-electron chi connectivity index (χ3n) is 5.09. The zero-order valence-electron chi connectivity index (χ0n) is 16.1. The highest BCUT2D eigenvalue weighted by atomic mass is 32.1. The van der Waals surface area contributed by atoms with Crippen LogP contribution in [0.1, 0.15) is 44.3 Å². The SMILES string of the molecule is Cc1c(C(=O)Nc2cccc(C(F)(F)F)c2)sc2c1C(c1cccc(F)c1)CC(=O)N2. The average molecular weight is 448 g/mol. The van der Waals surface area contributed by atoms with E-state index in [1.807, 2.05) is 0 Å². The molecule has 0 saturated heterocycles. The molecule has 4 nitrogen and oxygen atoms in total. The van der Waals surface area contributed by atoms with Crippen LogP contribution in [-0.2, 0) is 11.0 Å². The first-order chi connectivity index (χ1) is 14.6. The summed E-state index contributed by atoms with van der Waals surface area (Å²) in [4.78, 5) is 25.3. The number of benzene rings is 2. The number of hydrogen-bond acceptors (Lipinski definition) is 3. The van der Waals surface area contributed by atoms with E-state index < -0.39 is 29.4 Å². The molecule has 1 aliphatic heterocycles. The van der Waals surface area contributed by atoms with Crippen molar-refractivity contribution >= 4 is 33.8 Å². The number of amides is 2. The molecule has 31 heavy (non-hydrogen) atoms. The van der Waals surface area contributed by atoms with Crippen molar-refractivity contribution in [3.8, 4) is 0 Å². The number of halogens is 4. The number of rotatable bonds is 3. The molecule has 2 amide bonds. The molecule has 1 aromatic heterocycles. The van der Waals surface area contributed by atoms with Gasteiger partial charge in [-0.05, 0) is 53.9 Å². The molecule has 0 aliphatic carbocycles. The standard InChI is InChI=1S/C22H16F4N2O2S/c1-11-18-16(12-4-2-6-14(23)8-12)10-17(29)28-21(18)31-19(11)20(30)27-15-7-3-5-13(9-15)22(24,25)26/h2-9,16H,10H2,1H3,(H,27,30)(H,28,29). The van der Waals surface area contributed by atoms with Gasteiger partial charge in [-0.1, -0.05) is 18.2 Å². The van der Waals surface area contributed by atoms with Crippen molar-refractivity contribution in [2.75, 3.05) is 10.6 Å². The molecule has 4 rings (SSSR count). The second kappa shape index (κ2) is 7.81. The van der Waals surface area contributed by atoms with Gasteiger partial charge in [0.05, 0.1) is 15.4 Å². The molecule has 2 N–H and O–H groups in total. The van der Waals surface area contributed by atoms with E-state index in [9.17, 15) is 27.2 Å². The Morgan fingerprint density at radius 1 is 1.16 bits per heavy atom. The van der Waals surface area contributed by atoms with Crippen molar-refractivity contribution < 1.29 is 27.2 Å². The average Bonchev–Trinajstić information content (AvgIpc) is 3.03. The highest BCUT2D eigenvalue weighted by Crippen LogP contribution is 2.45. The van der Waals surface area contributed by atoms with Crippen LogP contribution in [0, 0.1) is 12.7 Å². The lowest BCUT2D eigenvalue weighted by Gasteiger charge is -2.24. The van der Waals surface area contributed by atoms with Gasteiger partial charge in [0.15, 0.2) is 0 Å². The summed E-state index contributed by atoms with van der Waals surface area (Å²) in [5.74, 6) is -1.69. The molecule has 9 heteroatoms. The summed E-state index contributed by atoms with van der Waals surface area (Å²) in [5.41, 5.74) is 1.06. The lowest BCUT2D eigenvalue weighted by Crippen LogP contribution is -2.22. The van der Waals surface area contributed by atoms with Crippen molar-refractivity contribution in [2.24, 2.45) is 0 Å². The van der Waals surface area contributed by atoms with Gasteiger partial charge in [0.25, 0.3) is 5.91 Å². The third-order valence-corrected chi connectivity index (χ3v) is 6.31. The van der Waals surface area contributed by atoms with Crippen molar-refractivity contribution in [3.63, 3.8) is 0 Å². The van der Waals surface area contributed by atoms with Crippen LogP contribution in [0.2, 0.25) is 0 Å². The Kier molecular flexibility index (Phi) is 5.30. The molecule has 160 valence electrons. The van der Waals surface area contributed by atoms with E-state index in [2.05, 4.69) is 10.6 Å². The van der Waals surface area contributed by atoms with Crippen LogP contribution < -0.4 is 10.6 Å². The summed E-state index contributed by atoms with van der Waals surface area (Å²) in [5, 5.41) is 5.72. The van der Waals surface area contributed by atoms with Crippen LogP contribution in [0.5, 0.6) is 0 Å². The summed E-state index contributed by atoms with van der Waals surface area (Å²) in [7, 11) is 0. The lowest BCUT2D eigenvalue weighted by molar-refractivity contribution is -0.137. The normalized spacial score (nSPS) is 15.9. The van der Waals surface area contributed by atoms with E-state index in [0.717, 1.165) is 23.5 Å². The molecular weight excluding hydrogens is 432 g/mol. The number of hydrogen-bond donors (Lipinski definition) is 2. The van der Waals surface area contributed by atoms with Gasteiger partial charge in [-0.3, -0.25) is 9.59 Å². The number of fused-ring (bicyclic) bond motifs is 1. The summed E-state index contributed by atoms with van der Waals surface area (Å²) in [6.07, 6.45) is -4.43. The van der Waals surface area contributed by atoms with Gasteiger partial charge in [0.2, 0.25) is 5.91 Å². The molecule has 0 spiro atoms. The fraction of sp³-hybridized carbons (Fsp3) is 0.182. The third kappa shape index (κ3) is 4.18. The fourth-order valence-corrected chi connectivity index (χ4v) is 4.87. The Labute approximate surface area is 178 Å². The topological polar surface area (TPSA) is 58.2 Å². The predicted octanol–water partition coefficient (Wildman–Crippen LogP) is 5.94. The predicted molar refractivity (Wildman–Crippen MR) is 110 cm³/mol. The van der Waals surface area contributed by atoms with Crippen LogP contribution in [0.4, 0.5) is 28.3 Å². The monoisotopic (exact) mass is 448 g/mol. The highest BCUT2D eigenvalue weighted by Gasteiger charge is 2.33. The van der Waals surface area contributed by atoms with E-state index in [0.29, 0.717) is 21.7 Å². The Bertz CT molecular complexity index is 1190.